The monoisotopic (exact) mass is 335 g/mol. The number of halogens is 1. The summed E-state index contributed by atoms with van der Waals surface area (Å²) in [5, 5.41) is 9.84. The summed E-state index contributed by atoms with van der Waals surface area (Å²) in [7, 11) is 0. The van der Waals surface area contributed by atoms with Gasteiger partial charge < -0.3 is 5.32 Å². The van der Waals surface area contributed by atoms with Gasteiger partial charge in [0.05, 0.1) is 6.20 Å². The Morgan fingerprint density at radius 1 is 1.40 bits per heavy atom. The lowest BCUT2D eigenvalue weighted by Gasteiger charge is -2.06. The zero-order valence-corrected chi connectivity index (χ0v) is 13.3. The van der Waals surface area contributed by atoms with Crippen molar-refractivity contribution in [1.29, 1.82) is 0 Å². The molecule has 5 heteroatoms. The van der Waals surface area contributed by atoms with Crippen LogP contribution in [0.15, 0.2) is 28.9 Å². The van der Waals surface area contributed by atoms with Crippen molar-refractivity contribution < 1.29 is 4.79 Å². The smallest absolute Gasteiger partial charge is 0.251 e. The molecule has 0 fully saturated rings. The summed E-state index contributed by atoms with van der Waals surface area (Å²) in [5.41, 5.74) is 4.07. The third-order valence-corrected chi connectivity index (χ3v) is 4.15. The Morgan fingerprint density at radius 3 is 2.85 bits per heavy atom. The molecule has 0 unspecified atom stereocenters. The summed E-state index contributed by atoms with van der Waals surface area (Å²) >= 11 is 3.43. The van der Waals surface area contributed by atoms with Crippen LogP contribution in [0.4, 0.5) is 0 Å². The van der Waals surface area contributed by atoms with Crippen LogP contribution in [0.5, 0.6) is 0 Å². The number of nitrogens with one attached hydrogen (secondary N) is 2. The molecule has 20 heavy (non-hydrogen) atoms. The van der Waals surface area contributed by atoms with Crippen LogP contribution in [-0.2, 0) is 6.42 Å². The van der Waals surface area contributed by atoms with Crippen molar-refractivity contribution in [2.45, 2.75) is 26.7 Å². The van der Waals surface area contributed by atoms with Gasteiger partial charge in [0, 0.05) is 22.3 Å². The van der Waals surface area contributed by atoms with Gasteiger partial charge in [-0.1, -0.05) is 15.9 Å². The highest BCUT2D eigenvalue weighted by atomic mass is 79.9. The average molecular weight is 336 g/mol. The Balaban J connectivity index is 1.80. The molecule has 0 spiro atoms. The third-order valence-electron chi connectivity index (χ3n) is 3.26. The van der Waals surface area contributed by atoms with Gasteiger partial charge in [0.25, 0.3) is 5.91 Å². The van der Waals surface area contributed by atoms with Crippen LogP contribution >= 0.6 is 15.9 Å². The second kappa shape index (κ2) is 6.70. The van der Waals surface area contributed by atoms with E-state index in [1.54, 1.807) is 0 Å². The molecule has 4 nitrogen and oxygen atoms in total. The molecule has 1 aromatic carbocycles. The topological polar surface area (TPSA) is 57.8 Å². The van der Waals surface area contributed by atoms with Gasteiger partial charge in [-0.2, -0.15) is 5.10 Å². The van der Waals surface area contributed by atoms with E-state index in [1.165, 1.54) is 5.56 Å². The predicted molar refractivity (Wildman–Crippen MR) is 82.9 cm³/mol. The quantitative estimate of drug-likeness (QED) is 0.824. The summed E-state index contributed by atoms with van der Waals surface area (Å²) in [6, 6.07) is 5.62. The Kier molecular flexibility index (Phi) is 4.95. The molecule has 0 saturated carbocycles. The van der Waals surface area contributed by atoms with E-state index in [0.717, 1.165) is 28.6 Å². The molecular formula is C15H18BrN3O. The van der Waals surface area contributed by atoms with E-state index in [4.69, 9.17) is 0 Å². The number of hydrogen-bond donors (Lipinski definition) is 2. The van der Waals surface area contributed by atoms with E-state index in [2.05, 4.69) is 31.4 Å². The fourth-order valence-electron chi connectivity index (χ4n) is 2.00. The number of rotatable bonds is 5. The van der Waals surface area contributed by atoms with Gasteiger partial charge in [-0.3, -0.25) is 9.89 Å². The molecule has 0 aliphatic carbocycles. The Labute approximate surface area is 127 Å². The number of H-pyrrole nitrogens is 1. The van der Waals surface area contributed by atoms with E-state index in [1.807, 2.05) is 38.2 Å². The van der Waals surface area contributed by atoms with Gasteiger partial charge in [0.1, 0.15) is 0 Å². The molecule has 0 aliphatic heterocycles. The molecule has 1 amide bonds. The summed E-state index contributed by atoms with van der Waals surface area (Å²) in [5.74, 6) is -0.0236. The highest BCUT2D eigenvalue weighted by Crippen LogP contribution is 2.17. The zero-order valence-electron chi connectivity index (χ0n) is 11.7. The minimum absolute atomic E-state index is 0.0236. The van der Waals surface area contributed by atoms with Crippen molar-refractivity contribution in [1.82, 2.24) is 15.5 Å². The molecule has 106 valence electrons. The number of aryl methyl sites for hydroxylation is 3. The van der Waals surface area contributed by atoms with Gasteiger partial charge >= 0.3 is 0 Å². The molecule has 0 atom stereocenters. The first-order valence-corrected chi connectivity index (χ1v) is 7.40. The van der Waals surface area contributed by atoms with Crippen LogP contribution in [0.1, 0.15) is 33.6 Å². The molecule has 1 heterocycles. The van der Waals surface area contributed by atoms with Crippen molar-refractivity contribution in [3.05, 3.63) is 51.3 Å². The van der Waals surface area contributed by atoms with E-state index < -0.39 is 0 Å². The summed E-state index contributed by atoms with van der Waals surface area (Å²) in [6.45, 7) is 4.65. The Hall–Kier alpha value is -1.62. The molecule has 2 rings (SSSR count). The standard InChI is InChI=1S/C15H18BrN3O/c1-10-8-12(5-6-14(10)16)15(20)17-7-3-4-13-9-18-19-11(13)2/h5-6,8-9H,3-4,7H2,1-2H3,(H,17,20)(H,18,19). The number of amides is 1. The van der Waals surface area contributed by atoms with Crippen molar-refractivity contribution in [2.75, 3.05) is 6.54 Å². The highest BCUT2D eigenvalue weighted by Gasteiger charge is 2.06. The average Bonchev–Trinajstić information content (AvgIpc) is 2.83. The first-order valence-electron chi connectivity index (χ1n) is 6.61. The first-order chi connectivity index (χ1) is 9.58. The van der Waals surface area contributed by atoms with Gasteiger partial charge in [-0.05, 0) is 56.0 Å². The fourth-order valence-corrected chi connectivity index (χ4v) is 2.24. The van der Waals surface area contributed by atoms with Crippen molar-refractivity contribution in [3.8, 4) is 0 Å². The van der Waals surface area contributed by atoms with Crippen LogP contribution < -0.4 is 5.32 Å². The Bertz CT molecular complexity index is 607. The summed E-state index contributed by atoms with van der Waals surface area (Å²) in [4.78, 5) is 12.0. The van der Waals surface area contributed by atoms with Crippen LogP contribution in [0.2, 0.25) is 0 Å². The highest BCUT2D eigenvalue weighted by molar-refractivity contribution is 9.10. The first kappa shape index (κ1) is 14.8. The molecule has 1 aromatic heterocycles. The predicted octanol–water partition coefficient (Wildman–Crippen LogP) is 3.15. The SMILES string of the molecule is Cc1cc(C(=O)NCCCc2cn[nH]c2C)ccc1Br. The maximum absolute atomic E-state index is 12.0. The number of aromatic nitrogens is 2. The molecule has 0 aliphatic rings. The number of hydrogen-bond acceptors (Lipinski definition) is 2. The molecule has 0 saturated heterocycles. The van der Waals surface area contributed by atoms with Crippen molar-refractivity contribution in [2.24, 2.45) is 0 Å². The third kappa shape index (κ3) is 3.70. The van der Waals surface area contributed by atoms with Crippen LogP contribution in [0.3, 0.4) is 0 Å². The number of nitrogens with zero attached hydrogens (tertiary/aromatic N) is 1. The van der Waals surface area contributed by atoms with Crippen LogP contribution in [0.25, 0.3) is 0 Å². The minimum atomic E-state index is -0.0236. The van der Waals surface area contributed by atoms with Crippen molar-refractivity contribution >= 4 is 21.8 Å². The van der Waals surface area contributed by atoms with E-state index in [-0.39, 0.29) is 5.91 Å². The van der Waals surface area contributed by atoms with E-state index >= 15 is 0 Å². The lowest BCUT2D eigenvalue weighted by Crippen LogP contribution is -2.24. The number of benzene rings is 1. The van der Waals surface area contributed by atoms with E-state index in [0.29, 0.717) is 12.1 Å². The summed E-state index contributed by atoms with van der Waals surface area (Å²) < 4.78 is 1.02. The van der Waals surface area contributed by atoms with Gasteiger partial charge in [-0.15, -0.1) is 0 Å². The molecule has 2 N–H and O–H groups in total. The zero-order chi connectivity index (χ0) is 14.5. The summed E-state index contributed by atoms with van der Waals surface area (Å²) in [6.07, 6.45) is 3.67. The number of carbonyl (C=O) groups excluding carboxylic acids is 1. The second-order valence-electron chi connectivity index (χ2n) is 4.84. The molecular weight excluding hydrogens is 318 g/mol. The lowest BCUT2D eigenvalue weighted by atomic mass is 10.1. The van der Waals surface area contributed by atoms with Gasteiger partial charge in [0.15, 0.2) is 0 Å². The number of aromatic amines is 1. The fraction of sp³-hybridized carbons (Fsp3) is 0.333. The Morgan fingerprint density at radius 2 is 2.20 bits per heavy atom. The van der Waals surface area contributed by atoms with Gasteiger partial charge in [-0.25, -0.2) is 0 Å². The van der Waals surface area contributed by atoms with Gasteiger partial charge in [0.2, 0.25) is 0 Å². The normalized spacial score (nSPS) is 10.6. The minimum Gasteiger partial charge on any atom is -0.352 e. The second-order valence-corrected chi connectivity index (χ2v) is 5.70. The lowest BCUT2D eigenvalue weighted by molar-refractivity contribution is 0.0953. The van der Waals surface area contributed by atoms with Crippen LogP contribution in [-0.4, -0.2) is 22.6 Å². The number of carbonyl (C=O) groups is 1. The molecule has 2 aromatic rings. The van der Waals surface area contributed by atoms with Crippen molar-refractivity contribution in [3.63, 3.8) is 0 Å². The molecule has 0 bridgehead atoms. The van der Waals surface area contributed by atoms with Crippen LogP contribution in [0, 0.1) is 13.8 Å². The maximum Gasteiger partial charge on any atom is 0.251 e. The maximum atomic E-state index is 12.0. The largest absolute Gasteiger partial charge is 0.352 e. The van der Waals surface area contributed by atoms with E-state index in [9.17, 15) is 4.79 Å². The molecule has 0 radical (unpaired) electrons.